The quantitative estimate of drug-likeness (QED) is 0.760. The van der Waals surface area contributed by atoms with Crippen molar-refractivity contribution in [1.29, 1.82) is 0 Å². The Labute approximate surface area is 103 Å². The van der Waals surface area contributed by atoms with Crippen molar-refractivity contribution < 1.29 is 8.42 Å². The van der Waals surface area contributed by atoms with Crippen molar-refractivity contribution in [3.63, 3.8) is 0 Å². The predicted molar refractivity (Wildman–Crippen MR) is 67.2 cm³/mol. The van der Waals surface area contributed by atoms with Gasteiger partial charge in [0.15, 0.2) is 9.84 Å². The zero-order chi connectivity index (χ0) is 12.4. The van der Waals surface area contributed by atoms with Gasteiger partial charge in [-0.3, -0.25) is 0 Å². The molecular formula is C13H18NO2S. The van der Waals surface area contributed by atoms with Crippen LogP contribution in [0.3, 0.4) is 0 Å². The maximum atomic E-state index is 12.5. The van der Waals surface area contributed by atoms with Crippen molar-refractivity contribution in [1.82, 2.24) is 5.73 Å². The Morgan fingerprint density at radius 1 is 0.941 bits per heavy atom. The predicted octanol–water partition coefficient (Wildman–Crippen LogP) is 2.79. The van der Waals surface area contributed by atoms with Gasteiger partial charge in [-0.2, -0.15) is 0 Å². The molecule has 1 saturated carbocycles. The summed E-state index contributed by atoms with van der Waals surface area (Å²) in [6.07, 6.45) is 4.70. The molecule has 0 aliphatic heterocycles. The Hall–Kier alpha value is -0.870. The van der Waals surface area contributed by atoms with Crippen LogP contribution in [0.15, 0.2) is 35.2 Å². The molecule has 2 rings (SSSR count). The Morgan fingerprint density at radius 2 is 1.47 bits per heavy atom. The third-order valence-corrected chi connectivity index (χ3v) is 5.81. The van der Waals surface area contributed by atoms with Gasteiger partial charge < -0.3 is 0 Å². The van der Waals surface area contributed by atoms with Crippen LogP contribution in [0.2, 0.25) is 0 Å². The van der Waals surface area contributed by atoms with Crippen molar-refractivity contribution in [3.8, 4) is 0 Å². The molecule has 0 amide bonds. The average Bonchev–Trinajstić information content (AvgIpc) is 2.56. The van der Waals surface area contributed by atoms with E-state index in [1.807, 2.05) is 0 Å². The average molecular weight is 252 g/mol. The van der Waals surface area contributed by atoms with E-state index in [1.165, 1.54) is 0 Å². The minimum atomic E-state index is -3.52. The Balaban J connectivity index is 2.37. The third kappa shape index (κ3) is 2.38. The van der Waals surface area contributed by atoms with Crippen LogP contribution in [0, 0.1) is 0 Å². The van der Waals surface area contributed by atoms with Gasteiger partial charge in [-0.1, -0.05) is 43.9 Å². The number of nitrogens with one attached hydrogen (secondary N) is 1. The van der Waals surface area contributed by atoms with Gasteiger partial charge in [-0.25, -0.2) is 14.2 Å². The minimum absolute atomic E-state index is 0.289. The first kappa shape index (κ1) is 12.6. The molecule has 0 aromatic heterocycles. The molecular weight excluding hydrogens is 234 g/mol. The van der Waals surface area contributed by atoms with E-state index in [-0.39, 0.29) is 4.90 Å². The summed E-state index contributed by atoms with van der Waals surface area (Å²) >= 11 is 0. The molecule has 1 fully saturated rings. The van der Waals surface area contributed by atoms with Crippen molar-refractivity contribution in [3.05, 3.63) is 30.3 Å². The second kappa shape index (κ2) is 4.78. The topological polar surface area (TPSA) is 57.9 Å². The van der Waals surface area contributed by atoms with Gasteiger partial charge in [0, 0.05) is 0 Å². The summed E-state index contributed by atoms with van der Waals surface area (Å²) in [5, 5.41) is 0. The maximum Gasteiger partial charge on any atom is 0.198 e. The van der Waals surface area contributed by atoms with Gasteiger partial charge in [-0.15, -0.1) is 0 Å². The smallest absolute Gasteiger partial charge is 0.198 e. The highest BCUT2D eigenvalue weighted by Crippen LogP contribution is 2.34. The molecule has 17 heavy (non-hydrogen) atoms. The van der Waals surface area contributed by atoms with Crippen molar-refractivity contribution >= 4 is 9.84 Å². The van der Waals surface area contributed by atoms with Gasteiger partial charge in [0.25, 0.3) is 0 Å². The lowest BCUT2D eigenvalue weighted by atomic mass is 10.1. The van der Waals surface area contributed by atoms with E-state index in [2.05, 4.69) is 0 Å². The minimum Gasteiger partial charge on any atom is -0.235 e. The summed E-state index contributed by atoms with van der Waals surface area (Å²) < 4.78 is 24.9. The first-order valence-corrected chi connectivity index (χ1v) is 7.59. The molecule has 1 aromatic carbocycles. The standard InChI is InChI=1S/C13H18NO2S/c14-13(10-6-1-2-7-11-13)17(15,16)12-8-4-3-5-9-12/h3-5,8-9,14H,1-2,6-7,10-11H2. The summed E-state index contributed by atoms with van der Waals surface area (Å²) in [5.74, 6) is 0. The van der Waals surface area contributed by atoms with Crippen LogP contribution in [0.5, 0.6) is 0 Å². The van der Waals surface area contributed by atoms with Gasteiger partial charge in [0.2, 0.25) is 0 Å². The Bertz CT molecular complexity index is 459. The largest absolute Gasteiger partial charge is 0.235 e. The van der Waals surface area contributed by atoms with Gasteiger partial charge in [-0.05, 0) is 25.0 Å². The lowest BCUT2D eigenvalue weighted by molar-refractivity contribution is 0.458. The second-order valence-corrected chi connectivity index (χ2v) is 6.98. The molecule has 0 saturated heterocycles. The van der Waals surface area contributed by atoms with E-state index in [9.17, 15) is 8.42 Å². The zero-order valence-electron chi connectivity index (χ0n) is 9.85. The molecule has 1 aromatic rings. The third-order valence-electron chi connectivity index (χ3n) is 3.48. The van der Waals surface area contributed by atoms with E-state index in [0.717, 1.165) is 25.7 Å². The van der Waals surface area contributed by atoms with Crippen LogP contribution in [-0.4, -0.2) is 13.3 Å². The molecule has 0 bridgehead atoms. The van der Waals surface area contributed by atoms with Crippen LogP contribution in [0.25, 0.3) is 0 Å². The normalized spacial score (nSPS) is 20.8. The molecule has 93 valence electrons. The van der Waals surface area contributed by atoms with E-state index < -0.39 is 14.7 Å². The molecule has 1 N–H and O–H groups in total. The van der Waals surface area contributed by atoms with Crippen molar-refractivity contribution in [2.24, 2.45) is 0 Å². The van der Waals surface area contributed by atoms with Crippen LogP contribution in [0.4, 0.5) is 0 Å². The first-order chi connectivity index (χ1) is 8.06. The van der Waals surface area contributed by atoms with E-state index >= 15 is 0 Å². The lowest BCUT2D eigenvalue weighted by Gasteiger charge is -2.26. The van der Waals surface area contributed by atoms with E-state index in [1.54, 1.807) is 30.3 Å². The Morgan fingerprint density at radius 3 is 2.00 bits per heavy atom. The molecule has 0 unspecified atom stereocenters. The van der Waals surface area contributed by atoms with Crippen LogP contribution in [-0.2, 0) is 9.84 Å². The molecule has 0 atom stereocenters. The highest BCUT2D eigenvalue weighted by Gasteiger charge is 2.41. The fourth-order valence-corrected chi connectivity index (χ4v) is 4.19. The summed E-state index contributed by atoms with van der Waals surface area (Å²) in [7, 11) is -3.52. The molecule has 4 heteroatoms. The van der Waals surface area contributed by atoms with Crippen LogP contribution in [0.1, 0.15) is 38.5 Å². The van der Waals surface area contributed by atoms with E-state index in [0.29, 0.717) is 12.8 Å². The number of hydrogen-bond acceptors (Lipinski definition) is 2. The second-order valence-electron chi connectivity index (χ2n) is 4.72. The van der Waals surface area contributed by atoms with Crippen LogP contribution >= 0.6 is 0 Å². The summed E-state index contributed by atoms with van der Waals surface area (Å²) in [5.41, 5.74) is 8.31. The number of sulfone groups is 1. The first-order valence-electron chi connectivity index (χ1n) is 6.11. The maximum absolute atomic E-state index is 12.5. The summed E-state index contributed by atoms with van der Waals surface area (Å²) in [4.78, 5) is -1.03. The van der Waals surface area contributed by atoms with Crippen molar-refractivity contribution in [2.45, 2.75) is 48.3 Å². The molecule has 0 heterocycles. The molecule has 3 nitrogen and oxygen atoms in total. The van der Waals surface area contributed by atoms with Crippen LogP contribution < -0.4 is 5.73 Å². The fourth-order valence-electron chi connectivity index (χ4n) is 2.39. The lowest BCUT2D eigenvalue weighted by Crippen LogP contribution is -2.39. The van der Waals surface area contributed by atoms with Gasteiger partial charge in [0.05, 0.1) is 4.90 Å². The zero-order valence-corrected chi connectivity index (χ0v) is 10.7. The monoisotopic (exact) mass is 252 g/mol. The SMILES string of the molecule is [NH]C1(S(=O)(=O)c2ccccc2)CCCCCC1. The van der Waals surface area contributed by atoms with Gasteiger partial charge in [0.1, 0.15) is 4.87 Å². The van der Waals surface area contributed by atoms with Gasteiger partial charge >= 0.3 is 0 Å². The molecule has 1 aliphatic carbocycles. The van der Waals surface area contributed by atoms with Crippen molar-refractivity contribution in [2.75, 3.05) is 0 Å². The Kier molecular flexibility index (Phi) is 3.54. The summed E-state index contributed by atoms with van der Waals surface area (Å²) in [6, 6.07) is 8.41. The molecule has 0 spiro atoms. The number of rotatable bonds is 2. The highest BCUT2D eigenvalue weighted by atomic mass is 32.2. The van der Waals surface area contributed by atoms with E-state index in [4.69, 9.17) is 5.73 Å². The summed E-state index contributed by atoms with van der Waals surface area (Å²) in [6.45, 7) is 0. The molecule has 1 aliphatic rings. The highest BCUT2D eigenvalue weighted by molar-refractivity contribution is 7.92. The molecule has 1 radical (unpaired) electrons. The number of hydrogen-bond donors (Lipinski definition) is 0. The fraction of sp³-hybridized carbons (Fsp3) is 0.538. The number of benzene rings is 1.